The van der Waals surface area contributed by atoms with Crippen molar-refractivity contribution in [1.82, 2.24) is 5.32 Å². The lowest BCUT2D eigenvalue weighted by Gasteiger charge is -2.01. The van der Waals surface area contributed by atoms with Crippen LogP contribution < -0.4 is 5.32 Å². The van der Waals surface area contributed by atoms with Crippen molar-refractivity contribution in [2.75, 3.05) is 13.6 Å². The molecule has 0 bridgehead atoms. The van der Waals surface area contributed by atoms with Gasteiger partial charge in [0.2, 0.25) is 0 Å². The molecular weight excluding hydrogens is 146 g/mol. The average Bonchev–Trinajstić information content (AvgIpc) is 2.02. The van der Waals surface area contributed by atoms with Crippen LogP contribution in [0.5, 0.6) is 0 Å². The van der Waals surface area contributed by atoms with Crippen molar-refractivity contribution in [3.8, 4) is 0 Å². The number of allylic oxidation sites excluding steroid dienone is 1. The lowest BCUT2D eigenvalue weighted by atomic mass is 10.1. The molecule has 0 rings (SSSR count). The second kappa shape index (κ2) is 8.79. The summed E-state index contributed by atoms with van der Waals surface area (Å²) < 4.78 is 0. The van der Waals surface area contributed by atoms with Gasteiger partial charge in [0, 0.05) is 0 Å². The van der Waals surface area contributed by atoms with Crippen molar-refractivity contribution in [1.29, 1.82) is 0 Å². The fraction of sp³-hybridized carbons (Fsp3) is 0.818. The minimum atomic E-state index is 1.17. The van der Waals surface area contributed by atoms with Crippen LogP contribution in [0.15, 0.2) is 12.2 Å². The summed E-state index contributed by atoms with van der Waals surface area (Å²) in [6.07, 6.45) is 7.99. The maximum absolute atomic E-state index is 3.89. The van der Waals surface area contributed by atoms with E-state index in [1.54, 1.807) is 0 Å². The molecule has 0 aliphatic rings. The lowest BCUT2D eigenvalue weighted by Crippen LogP contribution is -2.06. The molecule has 0 saturated heterocycles. The Balaban J connectivity index is 2.86. The first-order valence-electron chi connectivity index (χ1n) is 5.06. The molecule has 1 heteroatoms. The lowest BCUT2D eigenvalue weighted by molar-refractivity contribution is 0.596. The Morgan fingerprint density at radius 2 is 1.67 bits per heavy atom. The van der Waals surface area contributed by atoms with Gasteiger partial charge in [0.15, 0.2) is 0 Å². The predicted octanol–water partition coefficient (Wildman–Crippen LogP) is 3.12. The first-order chi connectivity index (χ1) is 5.77. The molecule has 0 aliphatic carbocycles. The van der Waals surface area contributed by atoms with Crippen molar-refractivity contribution in [2.24, 2.45) is 0 Å². The Hall–Kier alpha value is -0.300. The summed E-state index contributed by atoms with van der Waals surface area (Å²) in [5.41, 5.74) is 1.32. The standard InChI is InChI=1S/C11H23N/c1-11(2)9-7-5-4-6-8-10-12-3/h12H,1,4-10H2,2-3H3. The van der Waals surface area contributed by atoms with Crippen LogP contribution in [0.25, 0.3) is 0 Å². The fourth-order valence-corrected chi connectivity index (χ4v) is 1.26. The molecule has 0 spiro atoms. The number of hydrogen-bond donors (Lipinski definition) is 1. The molecule has 0 heterocycles. The third-order valence-electron chi connectivity index (χ3n) is 2.03. The molecule has 0 amide bonds. The molecule has 12 heavy (non-hydrogen) atoms. The highest BCUT2D eigenvalue weighted by Crippen LogP contribution is 2.08. The Kier molecular flexibility index (Phi) is 8.57. The molecule has 0 aromatic rings. The van der Waals surface area contributed by atoms with Crippen LogP contribution in [-0.4, -0.2) is 13.6 Å². The van der Waals surface area contributed by atoms with Gasteiger partial charge in [-0.25, -0.2) is 0 Å². The quantitative estimate of drug-likeness (QED) is 0.435. The number of unbranched alkanes of at least 4 members (excludes halogenated alkanes) is 4. The van der Waals surface area contributed by atoms with Crippen LogP contribution in [-0.2, 0) is 0 Å². The van der Waals surface area contributed by atoms with E-state index in [-0.39, 0.29) is 0 Å². The van der Waals surface area contributed by atoms with E-state index in [1.807, 2.05) is 7.05 Å². The third-order valence-corrected chi connectivity index (χ3v) is 2.03. The maximum Gasteiger partial charge on any atom is -0.00519 e. The number of rotatable bonds is 8. The summed E-state index contributed by atoms with van der Waals surface area (Å²) in [4.78, 5) is 0. The van der Waals surface area contributed by atoms with E-state index in [4.69, 9.17) is 0 Å². The van der Waals surface area contributed by atoms with E-state index in [9.17, 15) is 0 Å². The molecule has 0 saturated carbocycles. The first-order valence-corrected chi connectivity index (χ1v) is 5.06. The Bertz CT molecular complexity index is 108. The smallest absolute Gasteiger partial charge is 0.00519 e. The van der Waals surface area contributed by atoms with Gasteiger partial charge in [-0.3, -0.25) is 0 Å². The monoisotopic (exact) mass is 169 g/mol. The zero-order chi connectivity index (χ0) is 9.23. The van der Waals surface area contributed by atoms with Crippen LogP contribution in [0.1, 0.15) is 45.4 Å². The largest absolute Gasteiger partial charge is 0.320 e. The molecule has 0 radical (unpaired) electrons. The van der Waals surface area contributed by atoms with Gasteiger partial charge in [0.25, 0.3) is 0 Å². The van der Waals surface area contributed by atoms with Gasteiger partial charge < -0.3 is 5.32 Å². The highest BCUT2D eigenvalue weighted by Gasteiger charge is 1.90. The first kappa shape index (κ1) is 11.7. The van der Waals surface area contributed by atoms with Crippen LogP contribution in [0, 0.1) is 0 Å². The van der Waals surface area contributed by atoms with Crippen molar-refractivity contribution in [3.63, 3.8) is 0 Å². The highest BCUT2D eigenvalue weighted by atomic mass is 14.8. The molecule has 1 N–H and O–H groups in total. The SMILES string of the molecule is C=C(C)CCCCCCCNC. The van der Waals surface area contributed by atoms with Crippen LogP contribution in [0.4, 0.5) is 0 Å². The molecule has 0 aromatic heterocycles. The van der Waals surface area contributed by atoms with Gasteiger partial charge in [-0.2, -0.15) is 0 Å². The van der Waals surface area contributed by atoms with Gasteiger partial charge in [0.05, 0.1) is 0 Å². The molecule has 0 aromatic carbocycles. The van der Waals surface area contributed by atoms with Gasteiger partial charge in [-0.05, 0) is 39.8 Å². The summed E-state index contributed by atoms with van der Waals surface area (Å²) >= 11 is 0. The van der Waals surface area contributed by atoms with Gasteiger partial charge >= 0.3 is 0 Å². The molecule has 0 atom stereocenters. The zero-order valence-corrected chi connectivity index (χ0v) is 8.66. The Labute approximate surface area is 77.2 Å². The minimum Gasteiger partial charge on any atom is -0.320 e. The molecule has 0 fully saturated rings. The van der Waals surface area contributed by atoms with Gasteiger partial charge in [-0.1, -0.05) is 24.8 Å². The van der Waals surface area contributed by atoms with E-state index in [2.05, 4.69) is 18.8 Å². The zero-order valence-electron chi connectivity index (χ0n) is 8.66. The maximum atomic E-state index is 3.89. The summed E-state index contributed by atoms with van der Waals surface area (Å²) in [6, 6.07) is 0. The molecule has 0 unspecified atom stereocenters. The van der Waals surface area contributed by atoms with E-state index in [0.29, 0.717) is 0 Å². The predicted molar refractivity (Wildman–Crippen MR) is 56.4 cm³/mol. The Morgan fingerprint density at radius 1 is 1.08 bits per heavy atom. The fourth-order valence-electron chi connectivity index (χ4n) is 1.26. The van der Waals surface area contributed by atoms with E-state index in [0.717, 1.165) is 0 Å². The number of hydrogen-bond acceptors (Lipinski definition) is 1. The Morgan fingerprint density at radius 3 is 2.25 bits per heavy atom. The van der Waals surface area contributed by atoms with Gasteiger partial charge in [0.1, 0.15) is 0 Å². The van der Waals surface area contributed by atoms with Gasteiger partial charge in [-0.15, -0.1) is 6.58 Å². The molecule has 0 aliphatic heterocycles. The molecular formula is C11H23N. The van der Waals surface area contributed by atoms with Crippen molar-refractivity contribution in [3.05, 3.63) is 12.2 Å². The van der Waals surface area contributed by atoms with E-state index in [1.165, 1.54) is 50.6 Å². The summed E-state index contributed by atoms with van der Waals surface area (Å²) in [6.45, 7) is 7.17. The second-order valence-corrected chi connectivity index (χ2v) is 3.58. The summed E-state index contributed by atoms with van der Waals surface area (Å²) in [5, 5.41) is 3.16. The molecule has 72 valence electrons. The normalized spacial score (nSPS) is 10.2. The topological polar surface area (TPSA) is 12.0 Å². The van der Waals surface area contributed by atoms with Crippen LogP contribution >= 0.6 is 0 Å². The van der Waals surface area contributed by atoms with E-state index < -0.39 is 0 Å². The molecule has 1 nitrogen and oxygen atoms in total. The average molecular weight is 169 g/mol. The van der Waals surface area contributed by atoms with Crippen molar-refractivity contribution in [2.45, 2.75) is 45.4 Å². The second-order valence-electron chi connectivity index (χ2n) is 3.58. The number of nitrogens with one attached hydrogen (secondary N) is 1. The highest BCUT2D eigenvalue weighted by molar-refractivity contribution is 4.86. The summed E-state index contributed by atoms with van der Waals surface area (Å²) in [7, 11) is 2.01. The van der Waals surface area contributed by atoms with E-state index >= 15 is 0 Å². The van der Waals surface area contributed by atoms with Crippen molar-refractivity contribution < 1.29 is 0 Å². The summed E-state index contributed by atoms with van der Waals surface area (Å²) in [5.74, 6) is 0. The minimum absolute atomic E-state index is 1.17. The van der Waals surface area contributed by atoms with Crippen molar-refractivity contribution >= 4 is 0 Å². The van der Waals surface area contributed by atoms with Crippen LogP contribution in [0.2, 0.25) is 0 Å². The third kappa shape index (κ3) is 9.70. The van der Waals surface area contributed by atoms with Crippen LogP contribution in [0.3, 0.4) is 0 Å².